The lowest BCUT2D eigenvalue weighted by molar-refractivity contribution is 0.102. The molecule has 0 unspecified atom stereocenters. The Kier molecular flexibility index (Phi) is 5.98. The van der Waals surface area contributed by atoms with Crippen molar-refractivity contribution in [2.45, 2.75) is 11.8 Å². The average Bonchev–Trinajstić information content (AvgIpc) is 3.30. The first-order chi connectivity index (χ1) is 15.3. The summed E-state index contributed by atoms with van der Waals surface area (Å²) in [5.74, 6) is -0.455. The van der Waals surface area contributed by atoms with E-state index in [1.54, 1.807) is 59.7 Å². The summed E-state index contributed by atoms with van der Waals surface area (Å²) in [5.41, 5.74) is 2.86. The van der Waals surface area contributed by atoms with Gasteiger partial charge in [-0.15, -0.1) is 0 Å². The minimum Gasteiger partial charge on any atom is -0.322 e. The lowest BCUT2D eigenvalue weighted by Crippen LogP contribution is -2.16. The third kappa shape index (κ3) is 4.82. The molecule has 0 fully saturated rings. The van der Waals surface area contributed by atoms with Crippen LogP contribution in [-0.2, 0) is 10.0 Å². The zero-order chi connectivity index (χ0) is 22.7. The Morgan fingerprint density at radius 1 is 1.00 bits per heavy atom. The van der Waals surface area contributed by atoms with Crippen molar-refractivity contribution < 1.29 is 13.2 Å². The maximum absolute atomic E-state index is 12.7. The zero-order valence-electron chi connectivity index (χ0n) is 17.0. The Morgan fingerprint density at radius 2 is 1.75 bits per heavy atom. The Hall–Kier alpha value is -3.62. The summed E-state index contributed by atoms with van der Waals surface area (Å²) in [6, 6.07) is 17.9. The van der Waals surface area contributed by atoms with Gasteiger partial charge in [-0.1, -0.05) is 35.4 Å². The second-order valence-corrected chi connectivity index (χ2v) is 9.18. The molecule has 9 heteroatoms. The van der Waals surface area contributed by atoms with Gasteiger partial charge in [0.25, 0.3) is 15.9 Å². The van der Waals surface area contributed by atoms with Gasteiger partial charge in [0.2, 0.25) is 0 Å². The molecular formula is C23H19ClN4O3S. The van der Waals surface area contributed by atoms with Crippen LogP contribution < -0.4 is 10.0 Å². The lowest BCUT2D eigenvalue weighted by atomic mass is 10.2. The second-order valence-electron chi connectivity index (χ2n) is 7.09. The van der Waals surface area contributed by atoms with E-state index in [0.717, 1.165) is 11.3 Å². The molecule has 0 aliphatic heterocycles. The van der Waals surface area contributed by atoms with Crippen molar-refractivity contribution in [1.29, 1.82) is 0 Å². The Balaban J connectivity index is 1.52. The van der Waals surface area contributed by atoms with Gasteiger partial charge in [0.1, 0.15) is 0 Å². The summed E-state index contributed by atoms with van der Waals surface area (Å²) in [6.07, 6.45) is 5.02. The normalized spacial score (nSPS) is 11.2. The maximum atomic E-state index is 12.7. The molecule has 0 aliphatic carbocycles. The number of aryl methyl sites for hydroxylation is 1. The third-order valence-corrected chi connectivity index (χ3v) is 6.38. The molecule has 4 aromatic rings. The van der Waals surface area contributed by atoms with Crippen molar-refractivity contribution in [1.82, 2.24) is 9.55 Å². The highest BCUT2D eigenvalue weighted by Crippen LogP contribution is 2.25. The van der Waals surface area contributed by atoms with E-state index in [9.17, 15) is 13.2 Å². The fourth-order valence-corrected chi connectivity index (χ4v) is 4.42. The van der Waals surface area contributed by atoms with Crippen LogP contribution in [0.3, 0.4) is 0 Å². The van der Waals surface area contributed by atoms with Crippen LogP contribution in [0.2, 0.25) is 5.02 Å². The number of hydrogen-bond acceptors (Lipinski definition) is 4. The van der Waals surface area contributed by atoms with Gasteiger partial charge in [0, 0.05) is 29.3 Å². The van der Waals surface area contributed by atoms with Crippen LogP contribution in [0.5, 0.6) is 0 Å². The van der Waals surface area contributed by atoms with Crippen molar-refractivity contribution >= 4 is 38.9 Å². The summed E-state index contributed by atoms with van der Waals surface area (Å²) in [5, 5.41) is 3.17. The summed E-state index contributed by atoms with van der Waals surface area (Å²) in [6.45, 7) is 1.92. The van der Waals surface area contributed by atoms with E-state index < -0.39 is 15.9 Å². The molecule has 1 amide bonds. The molecule has 1 heterocycles. The van der Waals surface area contributed by atoms with Gasteiger partial charge in [-0.2, -0.15) is 0 Å². The first kappa shape index (κ1) is 21.6. The molecule has 0 atom stereocenters. The molecule has 0 bridgehead atoms. The highest BCUT2D eigenvalue weighted by molar-refractivity contribution is 7.92. The average molecular weight is 467 g/mol. The van der Waals surface area contributed by atoms with Crippen molar-refractivity contribution in [3.8, 4) is 5.69 Å². The summed E-state index contributed by atoms with van der Waals surface area (Å²) < 4.78 is 29.8. The van der Waals surface area contributed by atoms with Gasteiger partial charge in [-0.25, -0.2) is 13.4 Å². The fraction of sp³-hybridized carbons (Fsp3) is 0.0435. The molecule has 4 rings (SSSR count). The van der Waals surface area contributed by atoms with E-state index in [1.165, 1.54) is 18.2 Å². The highest BCUT2D eigenvalue weighted by atomic mass is 35.5. The minimum atomic E-state index is -3.85. The molecule has 0 spiro atoms. The quantitative estimate of drug-likeness (QED) is 0.423. The van der Waals surface area contributed by atoms with Crippen molar-refractivity contribution in [3.05, 3.63) is 102 Å². The predicted molar refractivity (Wildman–Crippen MR) is 125 cm³/mol. The van der Waals surface area contributed by atoms with E-state index >= 15 is 0 Å². The topological polar surface area (TPSA) is 93.1 Å². The number of halogens is 1. The molecule has 0 radical (unpaired) electrons. The molecule has 0 saturated carbocycles. The van der Waals surface area contributed by atoms with Gasteiger partial charge >= 0.3 is 0 Å². The van der Waals surface area contributed by atoms with Crippen LogP contribution in [0, 0.1) is 6.92 Å². The van der Waals surface area contributed by atoms with Crippen LogP contribution in [0.4, 0.5) is 11.4 Å². The zero-order valence-corrected chi connectivity index (χ0v) is 18.6. The first-order valence-electron chi connectivity index (χ1n) is 9.61. The monoisotopic (exact) mass is 466 g/mol. The maximum Gasteiger partial charge on any atom is 0.261 e. The van der Waals surface area contributed by atoms with Crippen LogP contribution in [0.15, 0.2) is 90.3 Å². The number of sulfonamides is 1. The molecule has 162 valence electrons. The molecule has 0 aliphatic rings. The van der Waals surface area contributed by atoms with Crippen LogP contribution in [-0.4, -0.2) is 23.9 Å². The van der Waals surface area contributed by atoms with Crippen LogP contribution in [0.1, 0.15) is 15.9 Å². The highest BCUT2D eigenvalue weighted by Gasteiger charge is 2.17. The van der Waals surface area contributed by atoms with Gasteiger partial charge in [0.15, 0.2) is 0 Å². The molecule has 3 aromatic carbocycles. The number of nitrogens with zero attached hydrogens (tertiary/aromatic N) is 2. The number of aromatic nitrogens is 2. The number of carbonyl (C=O) groups excluding carboxylic acids is 1. The summed E-state index contributed by atoms with van der Waals surface area (Å²) in [4.78, 5) is 16.7. The largest absolute Gasteiger partial charge is 0.322 e. The van der Waals surface area contributed by atoms with Crippen LogP contribution >= 0.6 is 11.6 Å². The number of amides is 1. The van der Waals surface area contributed by atoms with Crippen molar-refractivity contribution in [3.63, 3.8) is 0 Å². The predicted octanol–water partition coefficient (Wildman–Crippen LogP) is 4.89. The summed E-state index contributed by atoms with van der Waals surface area (Å²) >= 11 is 6.33. The van der Waals surface area contributed by atoms with Gasteiger partial charge in [0.05, 0.1) is 21.9 Å². The van der Waals surface area contributed by atoms with Gasteiger partial charge in [-0.3, -0.25) is 9.52 Å². The number of carbonyl (C=O) groups is 1. The lowest BCUT2D eigenvalue weighted by Gasteiger charge is -2.11. The van der Waals surface area contributed by atoms with Crippen LogP contribution in [0.25, 0.3) is 5.69 Å². The van der Waals surface area contributed by atoms with E-state index in [4.69, 9.17) is 11.6 Å². The number of rotatable bonds is 6. The number of hydrogen-bond donors (Lipinski definition) is 2. The fourth-order valence-electron chi connectivity index (χ4n) is 3.04. The molecule has 0 saturated heterocycles. The Bertz CT molecular complexity index is 1370. The second kappa shape index (κ2) is 8.86. The Morgan fingerprint density at radius 3 is 2.44 bits per heavy atom. The molecular weight excluding hydrogens is 448 g/mol. The molecule has 1 aromatic heterocycles. The SMILES string of the molecule is Cc1ccc(NS(=O)(=O)c2cccc(C(=O)Nc3ccc(-n4ccnc4)c(Cl)c3)c2)cc1. The van der Waals surface area contributed by atoms with E-state index in [-0.39, 0.29) is 10.5 Å². The van der Waals surface area contributed by atoms with Gasteiger partial charge < -0.3 is 9.88 Å². The van der Waals surface area contributed by atoms with Gasteiger partial charge in [-0.05, 0) is 55.5 Å². The van der Waals surface area contributed by atoms with E-state index in [2.05, 4.69) is 15.0 Å². The smallest absolute Gasteiger partial charge is 0.261 e. The first-order valence-corrected chi connectivity index (χ1v) is 11.5. The van der Waals surface area contributed by atoms with E-state index in [0.29, 0.717) is 16.4 Å². The molecule has 32 heavy (non-hydrogen) atoms. The number of imidazole rings is 1. The number of benzene rings is 3. The standard InChI is InChI=1S/C23H19ClN4O3S/c1-16-5-7-18(8-6-16)27-32(30,31)20-4-2-3-17(13-20)23(29)26-19-9-10-22(21(24)14-19)28-12-11-25-15-28/h2-15,27H,1H3,(H,26,29). The Labute approximate surface area is 190 Å². The summed E-state index contributed by atoms with van der Waals surface area (Å²) in [7, 11) is -3.85. The van der Waals surface area contributed by atoms with E-state index in [1.807, 2.05) is 19.1 Å². The minimum absolute atomic E-state index is 0.0146. The number of anilines is 2. The molecule has 7 nitrogen and oxygen atoms in total. The van der Waals surface area contributed by atoms with Crippen molar-refractivity contribution in [2.24, 2.45) is 0 Å². The third-order valence-electron chi connectivity index (χ3n) is 4.70. The van der Waals surface area contributed by atoms with Crippen molar-refractivity contribution in [2.75, 3.05) is 10.0 Å². The number of nitrogens with one attached hydrogen (secondary N) is 2. The molecule has 2 N–H and O–H groups in total.